The predicted octanol–water partition coefficient (Wildman–Crippen LogP) is -0.452. The minimum absolute atomic E-state index is 0. The minimum atomic E-state index is -0.174. The van der Waals surface area contributed by atoms with Crippen molar-refractivity contribution in [2.45, 2.75) is 6.54 Å². The van der Waals surface area contributed by atoms with Gasteiger partial charge in [0.15, 0.2) is 17.5 Å². The van der Waals surface area contributed by atoms with Gasteiger partial charge in [0.2, 0.25) is 6.54 Å². The molecule has 2 heterocycles. The molecule has 0 atom stereocenters. The maximum atomic E-state index is 12.1. The van der Waals surface area contributed by atoms with Gasteiger partial charge in [-0.2, -0.15) is 4.57 Å². The fourth-order valence-electron chi connectivity index (χ4n) is 2.18. The number of hydrogen-bond acceptors (Lipinski definition) is 5. The van der Waals surface area contributed by atoms with Crippen LogP contribution in [0.4, 0.5) is 5.13 Å². The summed E-state index contributed by atoms with van der Waals surface area (Å²) in [6, 6.07) is 13.4. The zero-order valence-corrected chi connectivity index (χ0v) is 16.0. The summed E-state index contributed by atoms with van der Waals surface area (Å²) < 4.78 is 1.71. The van der Waals surface area contributed by atoms with Crippen LogP contribution in [0.1, 0.15) is 5.56 Å². The molecular formula is C17H15IN4O2S. The van der Waals surface area contributed by atoms with Crippen molar-refractivity contribution >= 4 is 28.6 Å². The smallest absolute Gasteiger partial charge is 0.292 e. The van der Waals surface area contributed by atoms with Gasteiger partial charge in [0.05, 0.1) is 17.5 Å². The monoisotopic (exact) mass is 466 g/mol. The number of hydrogen-bond donors (Lipinski definition) is 2. The van der Waals surface area contributed by atoms with Gasteiger partial charge in [0, 0.05) is 17.0 Å². The van der Waals surface area contributed by atoms with Gasteiger partial charge in [-0.25, -0.2) is 4.98 Å². The minimum Gasteiger partial charge on any atom is -1.00 e. The molecule has 0 spiro atoms. The van der Waals surface area contributed by atoms with E-state index in [-0.39, 0.29) is 36.4 Å². The van der Waals surface area contributed by atoms with Crippen LogP contribution in [0.2, 0.25) is 0 Å². The van der Waals surface area contributed by atoms with E-state index in [0.29, 0.717) is 10.7 Å². The van der Waals surface area contributed by atoms with E-state index < -0.39 is 0 Å². The van der Waals surface area contributed by atoms with Crippen molar-refractivity contribution in [3.05, 3.63) is 65.8 Å². The first-order chi connectivity index (χ1) is 11.7. The quantitative estimate of drug-likeness (QED) is 0.176. The highest BCUT2D eigenvalue weighted by Crippen LogP contribution is 2.24. The lowest BCUT2D eigenvalue weighted by molar-refractivity contribution is -0.684. The van der Waals surface area contributed by atoms with Gasteiger partial charge in [-0.1, -0.05) is 35.5 Å². The SMILES string of the molecule is O=C(C[n+]1cccc(/C=N/O)c1)Nc1nc(-c2ccccc2)cs1.[I-]. The van der Waals surface area contributed by atoms with Gasteiger partial charge in [-0.3, -0.25) is 10.1 Å². The molecule has 0 aliphatic heterocycles. The van der Waals surface area contributed by atoms with Crippen molar-refractivity contribution in [2.24, 2.45) is 5.16 Å². The van der Waals surface area contributed by atoms with Crippen molar-refractivity contribution in [1.29, 1.82) is 0 Å². The Kier molecular flexibility index (Phi) is 7.02. The Morgan fingerprint density at radius 1 is 1.28 bits per heavy atom. The molecule has 1 aromatic carbocycles. The van der Waals surface area contributed by atoms with Crippen molar-refractivity contribution < 1.29 is 38.5 Å². The molecular weight excluding hydrogens is 451 g/mol. The molecule has 2 aromatic heterocycles. The van der Waals surface area contributed by atoms with Gasteiger partial charge in [-0.05, 0) is 6.07 Å². The third-order valence-corrected chi connectivity index (χ3v) is 3.99. The van der Waals surface area contributed by atoms with Gasteiger partial charge >= 0.3 is 0 Å². The predicted molar refractivity (Wildman–Crippen MR) is 92.2 cm³/mol. The number of anilines is 1. The topological polar surface area (TPSA) is 78.5 Å². The molecule has 3 rings (SSSR count). The number of carbonyl (C=O) groups is 1. The Bertz CT molecular complexity index is 868. The fourth-order valence-corrected chi connectivity index (χ4v) is 2.92. The molecule has 6 nitrogen and oxygen atoms in total. The summed E-state index contributed by atoms with van der Waals surface area (Å²) in [5, 5.41) is 16.8. The summed E-state index contributed by atoms with van der Waals surface area (Å²) in [6.07, 6.45) is 4.80. The second-order valence-corrected chi connectivity index (χ2v) is 5.86. The zero-order valence-electron chi connectivity index (χ0n) is 13.0. The number of pyridine rings is 1. The van der Waals surface area contributed by atoms with Crippen LogP contribution in [0, 0.1) is 0 Å². The Hall–Kier alpha value is -2.33. The Balaban J connectivity index is 0.00000225. The Labute approximate surface area is 165 Å². The molecule has 25 heavy (non-hydrogen) atoms. The number of thiazole rings is 1. The van der Waals surface area contributed by atoms with E-state index >= 15 is 0 Å². The van der Waals surface area contributed by atoms with Crippen molar-refractivity contribution in [1.82, 2.24) is 4.98 Å². The first-order valence-electron chi connectivity index (χ1n) is 7.22. The molecule has 0 unspecified atom stereocenters. The normalized spacial score (nSPS) is 10.4. The molecule has 0 aliphatic rings. The number of nitrogens with zero attached hydrogens (tertiary/aromatic N) is 3. The van der Waals surface area contributed by atoms with Crippen molar-refractivity contribution in [3.8, 4) is 11.3 Å². The van der Waals surface area contributed by atoms with Crippen LogP contribution in [0.5, 0.6) is 0 Å². The highest BCUT2D eigenvalue weighted by molar-refractivity contribution is 7.14. The molecule has 0 saturated heterocycles. The lowest BCUT2D eigenvalue weighted by Crippen LogP contribution is -3.00. The van der Waals surface area contributed by atoms with Crippen LogP contribution in [-0.4, -0.2) is 22.3 Å². The molecule has 8 heteroatoms. The van der Waals surface area contributed by atoms with Gasteiger partial charge < -0.3 is 29.2 Å². The van der Waals surface area contributed by atoms with E-state index in [1.807, 2.05) is 35.7 Å². The number of amides is 1. The molecule has 0 saturated carbocycles. The molecule has 2 N–H and O–H groups in total. The maximum Gasteiger partial charge on any atom is 0.292 e. The summed E-state index contributed by atoms with van der Waals surface area (Å²) in [5.41, 5.74) is 2.55. The summed E-state index contributed by atoms with van der Waals surface area (Å²) in [4.78, 5) is 16.6. The average Bonchev–Trinajstić information content (AvgIpc) is 3.04. The van der Waals surface area contributed by atoms with Crippen LogP contribution < -0.4 is 33.9 Å². The van der Waals surface area contributed by atoms with Crippen molar-refractivity contribution in [2.75, 3.05) is 5.32 Å². The highest BCUT2D eigenvalue weighted by atomic mass is 127. The van der Waals surface area contributed by atoms with Crippen LogP contribution in [-0.2, 0) is 11.3 Å². The highest BCUT2D eigenvalue weighted by Gasteiger charge is 2.12. The first-order valence-corrected chi connectivity index (χ1v) is 8.10. The fraction of sp³-hybridized carbons (Fsp3) is 0.0588. The number of rotatable bonds is 5. The lowest BCUT2D eigenvalue weighted by Gasteiger charge is -1.99. The number of aromatic nitrogens is 2. The van der Waals surface area contributed by atoms with Crippen LogP contribution in [0.25, 0.3) is 11.3 Å². The molecule has 3 aromatic rings. The third kappa shape index (κ3) is 5.33. The van der Waals surface area contributed by atoms with E-state index in [1.165, 1.54) is 17.6 Å². The largest absolute Gasteiger partial charge is 1.00 e. The van der Waals surface area contributed by atoms with Crippen LogP contribution in [0.3, 0.4) is 0 Å². The number of halogens is 1. The zero-order chi connectivity index (χ0) is 16.8. The molecule has 0 bridgehead atoms. The standard InChI is InChI=1S/C17H14N4O2S.HI/c22-16(11-21-8-4-5-13(10-21)9-18-23)20-17-19-15(12-24-17)14-6-2-1-3-7-14;/h1-10,12H,11H2,(H-,19,20,22,23);1H/b18-9+;. The second kappa shape index (κ2) is 9.23. The number of nitrogens with one attached hydrogen (secondary N) is 1. The second-order valence-electron chi connectivity index (χ2n) is 5.01. The van der Waals surface area contributed by atoms with E-state index in [2.05, 4.69) is 15.5 Å². The van der Waals surface area contributed by atoms with Gasteiger partial charge in [0.1, 0.15) is 0 Å². The maximum absolute atomic E-state index is 12.1. The summed E-state index contributed by atoms with van der Waals surface area (Å²) in [5.74, 6) is -0.174. The van der Waals surface area contributed by atoms with Gasteiger partial charge in [-0.15, -0.1) is 11.3 Å². The number of carbonyl (C=O) groups excluding carboxylic acids is 1. The van der Waals surface area contributed by atoms with Crippen molar-refractivity contribution in [3.63, 3.8) is 0 Å². The lowest BCUT2D eigenvalue weighted by atomic mass is 10.2. The van der Waals surface area contributed by atoms with E-state index in [1.54, 1.807) is 29.1 Å². The Morgan fingerprint density at radius 2 is 2.08 bits per heavy atom. The van der Waals surface area contributed by atoms with E-state index in [4.69, 9.17) is 5.21 Å². The molecule has 0 fully saturated rings. The average molecular weight is 466 g/mol. The molecule has 1 amide bonds. The van der Waals surface area contributed by atoms with E-state index in [0.717, 1.165) is 11.3 Å². The Morgan fingerprint density at radius 3 is 2.84 bits per heavy atom. The summed E-state index contributed by atoms with van der Waals surface area (Å²) in [7, 11) is 0. The van der Waals surface area contributed by atoms with Gasteiger partial charge in [0.25, 0.3) is 5.91 Å². The third-order valence-electron chi connectivity index (χ3n) is 3.23. The first kappa shape index (κ1) is 19.0. The molecule has 128 valence electrons. The molecule has 0 aliphatic carbocycles. The number of oxime groups is 1. The number of benzene rings is 1. The summed E-state index contributed by atoms with van der Waals surface area (Å²) in [6.45, 7) is 0.146. The van der Waals surface area contributed by atoms with E-state index in [9.17, 15) is 4.79 Å². The van der Waals surface area contributed by atoms with Crippen LogP contribution >= 0.6 is 11.3 Å². The molecule has 0 radical (unpaired) electrons. The van der Waals surface area contributed by atoms with Crippen LogP contribution in [0.15, 0.2) is 65.4 Å². The summed E-state index contributed by atoms with van der Waals surface area (Å²) >= 11 is 1.39.